The van der Waals surface area contributed by atoms with E-state index in [1.807, 2.05) is 13.8 Å². The van der Waals surface area contributed by atoms with Crippen LogP contribution < -0.4 is 10.1 Å². The van der Waals surface area contributed by atoms with Gasteiger partial charge in [0.25, 0.3) is 5.91 Å². The highest BCUT2D eigenvalue weighted by Crippen LogP contribution is 2.28. The van der Waals surface area contributed by atoms with Crippen molar-refractivity contribution in [2.75, 3.05) is 13.2 Å². The number of ether oxygens (including phenoxy) is 1. The highest BCUT2D eigenvalue weighted by Gasteiger charge is 2.16. The maximum atomic E-state index is 11.6. The number of carboxylic acid groups (broad SMARTS) is 1. The van der Waals surface area contributed by atoms with Gasteiger partial charge in [0.15, 0.2) is 6.61 Å². The molecule has 2 N–H and O–H groups in total. The Morgan fingerprint density at radius 1 is 1.40 bits per heavy atom. The van der Waals surface area contributed by atoms with Gasteiger partial charge in [-0.2, -0.15) is 0 Å². The Morgan fingerprint density at radius 3 is 2.60 bits per heavy atom. The number of carbonyl (C=O) groups is 2. The molecule has 0 radical (unpaired) electrons. The van der Waals surface area contributed by atoms with Gasteiger partial charge in [-0.3, -0.25) is 4.79 Å². The molecule has 0 fully saturated rings. The van der Waals surface area contributed by atoms with Crippen LogP contribution in [0.4, 0.5) is 0 Å². The summed E-state index contributed by atoms with van der Waals surface area (Å²) < 4.78 is 6.02. The molecule has 0 bridgehead atoms. The molecule has 0 saturated carbocycles. The van der Waals surface area contributed by atoms with Crippen molar-refractivity contribution < 1.29 is 19.4 Å². The smallest absolute Gasteiger partial charge is 0.339 e. The molecular weight excluding hydrogens is 326 g/mol. The summed E-state index contributed by atoms with van der Waals surface area (Å²) in [5.74, 6) is -0.785. The highest BCUT2D eigenvalue weighted by atomic mass is 79.9. The quantitative estimate of drug-likeness (QED) is 0.832. The first kappa shape index (κ1) is 16.5. The van der Waals surface area contributed by atoms with Gasteiger partial charge >= 0.3 is 5.97 Å². The van der Waals surface area contributed by atoms with Crippen LogP contribution in [0, 0.1) is 12.8 Å². The molecule has 0 aliphatic rings. The minimum absolute atomic E-state index is 0.0357. The number of aryl methyl sites for hydroxylation is 1. The SMILES string of the molecule is Cc1cc(Br)cc(C(=O)O)c1OCC(=O)NCC(C)C. The lowest BCUT2D eigenvalue weighted by molar-refractivity contribution is -0.123. The lowest BCUT2D eigenvalue weighted by Gasteiger charge is -2.13. The van der Waals surface area contributed by atoms with Crippen molar-refractivity contribution in [2.45, 2.75) is 20.8 Å². The van der Waals surface area contributed by atoms with Gasteiger partial charge in [-0.05, 0) is 30.5 Å². The molecule has 0 atom stereocenters. The zero-order chi connectivity index (χ0) is 15.3. The third kappa shape index (κ3) is 4.85. The number of carboxylic acids is 1. The molecule has 5 nitrogen and oxygen atoms in total. The van der Waals surface area contributed by atoms with Crippen molar-refractivity contribution in [1.29, 1.82) is 0 Å². The van der Waals surface area contributed by atoms with Crippen LogP contribution in [0.1, 0.15) is 29.8 Å². The monoisotopic (exact) mass is 343 g/mol. The van der Waals surface area contributed by atoms with E-state index >= 15 is 0 Å². The van der Waals surface area contributed by atoms with Crippen LogP contribution in [-0.2, 0) is 4.79 Å². The van der Waals surface area contributed by atoms with Crippen LogP contribution in [0.3, 0.4) is 0 Å². The summed E-state index contributed by atoms with van der Waals surface area (Å²) >= 11 is 3.24. The maximum absolute atomic E-state index is 11.6. The molecule has 1 amide bonds. The standard InChI is InChI=1S/C14H18BrNO4/c1-8(2)6-16-12(17)7-20-13-9(3)4-10(15)5-11(13)14(18)19/h4-5,8H,6-7H2,1-3H3,(H,16,17)(H,18,19). The van der Waals surface area contributed by atoms with Crippen LogP contribution >= 0.6 is 15.9 Å². The van der Waals surface area contributed by atoms with E-state index in [1.54, 1.807) is 13.0 Å². The number of nitrogens with one attached hydrogen (secondary N) is 1. The van der Waals surface area contributed by atoms with E-state index in [1.165, 1.54) is 6.07 Å². The minimum atomic E-state index is -1.09. The number of hydrogen-bond acceptors (Lipinski definition) is 3. The zero-order valence-corrected chi connectivity index (χ0v) is 13.3. The number of rotatable bonds is 6. The summed E-state index contributed by atoms with van der Waals surface area (Å²) in [5, 5.41) is 11.9. The van der Waals surface area contributed by atoms with Crippen LogP contribution in [0.2, 0.25) is 0 Å². The molecule has 0 aromatic heterocycles. The largest absolute Gasteiger partial charge is 0.483 e. The summed E-state index contributed by atoms with van der Waals surface area (Å²) in [6, 6.07) is 3.20. The van der Waals surface area contributed by atoms with Gasteiger partial charge in [0.05, 0.1) is 0 Å². The number of aromatic carboxylic acids is 1. The molecule has 6 heteroatoms. The predicted molar refractivity (Wildman–Crippen MR) is 79.2 cm³/mol. The lowest BCUT2D eigenvalue weighted by atomic mass is 10.1. The number of benzene rings is 1. The average molecular weight is 344 g/mol. The third-order valence-corrected chi connectivity index (χ3v) is 2.98. The van der Waals surface area contributed by atoms with Gasteiger partial charge in [-0.25, -0.2) is 4.79 Å². The van der Waals surface area contributed by atoms with Gasteiger partial charge in [-0.15, -0.1) is 0 Å². The highest BCUT2D eigenvalue weighted by molar-refractivity contribution is 9.10. The lowest BCUT2D eigenvalue weighted by Crippen LogP contribution is -2.32. The summed E-state index contributed by atoms with van der Waals surface area (Å²) in [5.41, 5.74) is 0.696. The van der Waals surface area contributed by atoms with Crippen molar-refractivity contribution >= 4 is 27.8 Å². The van der Waals surface area contributed by atoms with E-state index < -0.39 is 5.97 Å². The van der Waals surface area contributed by atoms with Gasteiger partial charge in [0.2, 0.25) is 0 Å². The fourth-order valence-corrected chi connectivity index (χ4v) is 2.16. The number of halogens is 1. The molecule has 0 aliphatic carbocycles. The molecule has 20 heavy (non-hydrogen) atoms. The van der Waals surface area contributed by atoms with Crippen LogP contribution in [-0.4, -0.2) is 30.1 Å². The fraction of sp³-hybridized carbons (Fsp3) is 0.429. The van der Waals surface area contributed by atoms with E-state index in [-0.39, 0.29) is 23.8 Å². The van der Waals surface area contributed by atoms with Gasteiger partial charge in [-0.1, -0.05) is 29.8 Å². The molecule has 0 aliphatic heterocycles. The summed E-state index contributed by atoms with van der Waals surface area (Å²) in [7, 11) is 0. The normalized spacial score (nSPS) is 10.4. The topological polar surface area (TPSA) is 75.6 Å². The van der Waals surface area contributed by atoms with E-state index in [0.29, 0.717) is 22.5 Å². The fourth-order valence-electron chi connectivity index (χ4n) is 1.59. The molecule has 0 spiro atoms. The summed E-state index contributed by atoms with van der Waals surface area (Å²) in [6.07, 6.45) is 0. The predicted octanol–water partition coefficient (Wildman–Crippen LogP) is 2.61. The van der Waals surface area contributed by atoms with E-state index in [0.717, 1.165) is 0 Å². The number of carbonyl (C=O) groups excluding carboxylic acids is 1. The van der Waals surface area contributed by atoms with Gasteiger partial charge in [0.1, 0.15) is 11.3 Å². The number of hydrogen-bond donors (Lipinski definition) is 2. The second kappa shape index (κ2) is 7.28. The molecule has 1 rings (SSSR count). The molecule has 110 valence electrons. The van der Waals surface area contributed by atoms with Crippen molar-refractivity contribution in [3.8, 4) is 5.75 Å². The Labute approximate surface area is 126 Å². The number of amides is 1. The molecular formula is C14H18BrNO4. The van der Waals surface area contributed by atoms with Crippen molar-refractivity contribution in [3.05, 3.63) is 27.7 Å². The van der Waals surface area contributed by atoms with E-state index in [9.17, 15) is 9.59 Å². The molecule has 1 aromatic rings. The zero-order valence-electron chi connectivity index (χ0n) is 11.7. The molecule has 1 aromatic carbocycles. The summed E-state index contributed by atoms with van der Waals surface area (Å²) in [6.45, 7) is 6.08. The average Bonchev–Trinajstić information content (AvgIpc) is 2.34. The second-order valence-corrected chi connectivity index (χ2v) is 5.81. The first-order chi connectivity index (χ1) is 9.31. The Bertz CT molecular complexity index is 514. The van der Waals surface area contributed by atoms with E-state index in [4.69, 9.17) is 9.84 Å². The third-order valence-electron chi connectivity index (χ3n) is 2.52. The van der Waals surface area contributed by atoms with Crippen molar-refractivity contribution in [3.63, 3.8) is 0 Å². The first-order valence-corrected chi connectivity index (χ1v) is 7.03. The minimum Gasteiger partial charge on any atom is -0.483 e. The van der Waals surface area contributed by atoms with Crippen LogP contribution in [0.15, 0.2) is 16.6 Å². The Morgan fingerprint density at radius 2 is 2.05 bits per heavy atom. The van der Waals surface area contributed by atoms with Gasteiger partial charge in [0, 0.05) is 11.0 Å². The van der Waals surface area contributed by atoms with Crippen molar-refractivity contribution in [1.82, 2.24) is 5.32 Å². The van der Waals surface area contributed by atoms with Gasteiger partial charge < -0.3 is 15.2 Å². The van der Waals surface area contributed by atoms with E-state index in [2.05, 4.69) is 21.2 Å². The van der Waals surface area contributed by atoms with Crippen LogP contribution in [0.25, 0.3) is 0 Å². The maximum Gasteiger partial charge on any atom is 0.339 e. The Kier molecular flexibility index (Phi) is 6.01. The molecule has 0 unspecified atom stereocenters. The second-order valence-electron chi connectivity index (χ2n) is 4.89. The van der Waals surface area contributed by atoms with Crippen molar-refractivity contribution in [2.24, 2.45) is 5.92 Å². The molecule has 0 heterocycles. The Balaban J connectivity index is 2.77. The molecule has 0 saturated heterocycles. The Hall–Kier alpha value is -1.56. The van der Waals surface area contributed by atoms with Crippen LogP contribution in [0.5, 0.6) is 5.75 Å². The summed E-state index contributed by atoms with van der Waals surface area (Å²) in [4.78, 5) is 22.8. The first-order valence-electron chi connectivity index (χ1n) is 6.24.